The number of esters is 1. The summed E-state index contributed by atoms with van der Waals surface area (Å²) in [5.74, 6) is 4.73. The van der Waals surface area contributed by atoms with Gasteiger partial charge in [0.05, 0.1) is 24.4 Å². The minimum Gasteiger partial charge on any atom is -0.464 e. The first-order valence-corrected chi connectivity index (χ1v) is 11.9. The predicted molar refractivity (Wildman–Crippen MR) is 132 cm³/mol. The van der Waals surface area contributed by atoms with Crippen LogP contribution in [0.3, 0.4) is 0 Å². The largest absolute Gasteiger partial charge is 0.464 e. The Morgan fingerprint density at radius 1 is 1.25 bits per heavy atom. The van der Waals surface area contributed by atoms with E-state index in [1.807, 2.05) is 30.3 Å². The van der Waals surface area contributed by atoms with E-state index in [1.165, 1.54) is 12.0 Å². The van der Waals surface area contributed by atoms with Crippen molar-refractivity contribution in [3.8, 4) is 17.5 Å². The van der Waals surface area contributed by atoms with Gasteiger partial charge in [-0.05, 0) is 42.3 Å². The van der Waals surface area contributed by atoms with Crippen molar-refractivity contribution in [3.63, 3.8) is 0 Å². The molecule has 1 aromatic heterocycles. The molecule has 2 fully saturated rings. The molecular weight excluding hydrogens is 460 g/mol. The lowest BCUT2D eigenvalue weighted by Gasteiger charge is -2.15. The third-order valence-corrected chi connectivity index (χ3v) is 6.79. The van der Waals surface area contributed by atoms with Crippen LogP contribution < -0.4 is 0 Å². The number of amides is 1. The summed E-state index contributed by atoms with van der Waals surface area (Å²) >= 11 is 0. The molecule has 3 heterocycles. The molecule has 5 rings (SSSR count). The van der Waals surface area contributed by atoms with Crippen molar-refractivity contribution < 1.29 is 24.5 Å². The van der Waals surface area contributed by atoms with Gasteiger partial charge in [-0.3, -0.25) is 9.69 Å². The zero-order valence-electron chi connectivity index (χ0n) is 20.3. The maximum atomic E-state index is 12.6. The van der Waals surface area contributed by atoms with Crippen LogP contribution in [-0.2, 0) is 16.1 Å². The topological polar surface area (TPSA) is 108 Å². The third kappa shape index (κ3) is 4.46. The molecule has 2 aliphatic rings. The molecule has 0 aliphatic carbocycles. The van der Waals surface area contributed by atoms with Gasteiger partial charge in [0.15, 0.2) is 5.69 Å². The Kier molecular flexibility index (Phi) is 6.26. The van der Waals surface area contributed by atoms with Crippen LogP contribution in [0.1, 0.15) is 34.5 Å². The molecule has 3 aromatic rings. The second-order valence-corrected chi connectivity index (χ2v) is 9.42. The summed E-state index contributed by atoms with van der Waals surface area (Å²) in [6.45, 7) is 2.58. The van der Waals surface area contributed by atoms with Gasteiger partial charge in [-0.1, -0.05) is 24.0 Å². The van der Waals surface area contributed by atoms with Crippen LogP contribution in [0.2, 0.25) is 0 Å². The number of hydrogen-bond donors (Lipinski definition) is 2. The predicted octanol–water partition coefficient (Wildman–Crippen LogP) is 1.32. The molecule has 0 saturated carbocycles. The average molecular weight is 489 g/mol. The maximum absolute atomic E-state index is 12.6. The maximum Gasteiger partial charge on any atom is 0.359 e. The summed E-state index contributed by atoms with van der Waals surface area (Å²) in [7, 11) is 2.97. The number of carbonyl (C=O) groups is 2. The number of ether oxygens (including phenoxy) is 1. The lowest BCUT2D eigenvalue weighted by Crippen LogP contribution is -2.37. The smallest absolute Gasteiger partial charge is 0.359 e. The molecule has 2 N–H and O–H groups in total. The van der Waals surface area contributed by atoms with Gasteiger partial charge < -0.3 is 19.8 Å². The molecule has 2 saturated heterocycles. The lowest BCUT2D eigenvalue weighted by molar-refractivity contribution is -0.137. The number of aliphatic hydroxyl groups excluding tert-OH is 1. The van der Waals surface area contributed by atoms with Gasteiger partial charge in [-0.2, -0.15) is 5.10 Å². The zero-order chi connectivity index (χ0) is 25.4. The molecule has 0 radical (unpaired) electrons. The quantitative estimate of drug-likeness (QED) is 0.421. The molecule has 9 heteroatoms. The van der Waals surface area contributed by atoms with Crippen molar-refractivity contribution in [2.24, 2.45) is 0 Å². The van der Waals surface area contributed by atoms with Gasteiger partial charge in [-0.25, -0.2) is 9.48 Å². The summed E-state index contributed by atoms with van der Waals surface area (Å²) in [6, 6.07) is 13.1. The molecule has 2 atom stereocenters. The minimum atomic E-state index is -1.68. The van der Waals surface area contributed by atoms with Gasteiger partial charge in [0, 0.05) is 50.6 Å². The molecule has 2 aliphatic heterocycles. The number of rotatable bonds is 4. The number of aliphatic hydroxyl groups is 2. The summed E-state index contributed by atoms with van der Waals surface area (Å²) < 4.78 is 6.65. The van der Waals surface area contributed by atoms with Crippen molar-refractivity contribution in [2.45, 2.75) is 31.1 Å². The van der Waals surface area contributed by atoms with Crippen molar-refractivity contribution in [3.05, 3.63) is 59.3 Å². The number of aromatic nitrogens is 2. The van der Waals surface area contributed by atoms with E-state index in [9.17, 15) is 19.8 Å². The van der Waals surface area contributed by atoms with E-state index in [1.54, 1.807) is 23.9 Å². The fourth-order valence-electron chi connectivity index (χ4n) is 4.78. The van der Waals surface area contributed by atoms with Crippen LogP contribution in [0.25, 0.3) is 16.6 Å². The molecule has 0 bridgehead atoms. The number of likely N-dealkylation sites (tertiary alicyclic amines) is 2. The number of likely N-dealkylation sites (N-methyl/N-ethyl adjacent to an activating group) is 1. The molecule has 36 heavy (non-hydrogen) atoms. The van der Waals surface area contributed by atoms with Gasteiger partial charge >= 0.3 is 5.97 Å². The first kappa shape index (κ1) is 24.0. The van der Waals surface area contributed by atoms with Crippen LogP contribution >= 0.6 is 0 Å². The number of methoxy groups -OCH3 is 1. The Morgan fingerprint density at radius 2 is 2.08 bits per heavy atom. The van der Waals surface area contributed by atoms with Gasteiger partial charge in [-0.15, -0.1) is 0 Å². The molecule has 2 unspecified atom stereocenters. The van der Waals surface area contributed by atoms with Crippen molar-refractivity contribution in [2.75, 3.05) is 33.8 Å². The Balaban J connectivity index is 1.50. The number of nitrogens with zero attached hydrogens (tertiary/aromatic N) is 4. The molecule has 2 aromatic carbocycles. The van der Waals surface area contributed by atoms with E-state index in [0.717, 1.165) is 24.0 Å². The number of hydrogen-bond acceptors (Lipinski definition) is 7. The van der Waals surface area contributed by atoms with Crippen LogP contribution in [-0.4, -0.2) is 87.2 Å². The van der Waals surface area contributed by atoms with Crippen LogP contribution in [0.4, 0.5) is 0 Å². The van der Waals surface area contributed by atoms with Crippen molar-refractivity contribution in [1.82, 2.24) is 19.6 Å². The summed E-state index contributed by atoms with van der Waals surface area (Å²) in [5, 5.41) is 25.7. The van der Waals surface area contributed by atoms with Gasteiger partial charge in [0.2, 0.25) is 5.60 Å². The highest BCUT2D eigenvalue weighted by Crippen LogP contribution is 2.26. The van der Waals surface area contributed by atoms with E-state index < -0.39 is 17.5 Å². The summed E-state index contributed by atoms with van der Waals surface area (Å²) in [4.78, 5) is 28.4. The first-order chi connectivity index (χ1) is 17.3. The molecule has 0 spiro atoms. The highest BCUT2D eigenvalue weighted by Gasteiger charge is 2.42. The Labute approximate surface area is 208 Å². The Morgan fingerprint density at radius 3 is 2.78 bits per heavy atom. The van der Waals surface area contributed by atoms with Gasteiger partial charge in [0.1, 0.15) is 0 Å². The number of benzene rings is 2. The third-order valence-electron chi connectivity index (χ3n) is 6.79. The van der Waals surface area contributed by atoms with Crippen molar-refractivity contribution in [1.29, 1.82) is 0 Å². The monoisotopic (exact) mass is 488 g/mol. The highest BCUT2D eigenvalue weighted by molar-refractivity contribution is 6.02. The lowest BCUT2D eigenvalue weighted by atomic mass is 10.0. The molecule has 1 amide bonds. The van der Waals surface area contributed by atoms with E-state index in [2.05, 4.69) is 21.8 Å². The summed E-state index contributed by atoms with van der Waals surface area (Å²) in [5.41, 5.74) is 1.57. The zero-order valence-corrected chi connectivity index (χ0v) is 20.3. The average Bonchev–Trinajstić information content (AvgIpc) is 3.54. The number of β-amino-alcohol motifs (C(OH)–C–C–N with tert-alkyl or cyclic N) is 1. The van der Waals surface area contributed by atoms with Crippen molar-refractivity contribution >= 4 is 22.8 Å². The molecule has 9 nitrogen and oxygen atoms in total. The van der Waals surface area contributed by atoms with Crippen LogP contribution in [0, 0.1) is 11.8 Å². The standard InChI is InChI=1S/C27H28N4O5/c1-29-13-11-27(35,26(29)34)10-8-18-4-3-5-20(14-18)31-23-7-6-19(16-30-12-9-21(32)17-30)15-22(23)24(28-31)25(33)36-2/h3-7,14-15,21,32,35H,9,11-13,16-17H2,1-2H3. The van der Waals surface area contributed by atoms with E-state index in [0.29, 0.717) is 36.3 Å². The Hall–Kier alpha value is -3.71. The summed E-state index contributed by atoms with van der Waals surface area (Å²) in [6.07, 6.45) is 0.723. The molecule has 186 valence electrons. The van der Waals surface area contributed by atoms with Crippen LogP contribution in [0.15, 0.2) is 42.5 Å². The van der Waals surface area contributed by atoms with E-state index in [-0.39, 0.29) is 18.2 Å². The molecular formula is C27H28N4O5. The normalized spacial score (nSPS) is 22.2. The Bertz CT molecular complexity index is 1400. The van der Waals surface area contributed by atoms with Gasteiger partial charge in [0.25, 0.3) is 5.91 Å². The van der Waals surface area contributed by atoms with Crippen LogP contribution in [0.5, 0.6) is 0 Å². The first-order valence-electron chi connectivity index (χ1n) is 11.9. The SMILES string of the molecule is COC(=O)c1nn(-c2cccc(C#CC3(O)CCN(C)C3=O)c2)c2ccc(CN3CCC(O)C3)cc12. The number of carbonyl (C=O) groups excluding carboxylic acids is 2. The second kappa shape index (κ2) is 9.39. The fraction of sp³-hybridized carbons (Fsp3) is 0.370. The van der Waals surface area contributed by atoms with E-state index >= 15 is 0 Å². The van der Waals surface area contributed by atoms with E-state index in [4.69, 9.17) is 4.74 Å². The minimum absolute atomic E-state index is 0.209. The second-order valence-electron chi connectivity index (χ2n) is 9.42. The highest BCUT2D eigenvalue weighted by atomic mass is 16.5. The fourth-order valence-corrected chi connectivity index (χ4v) is 4.78. The number of fused-ring (bicyclic) bond motifs is 1.